The van der Waals surface area contributed by atoms with E-state index >= 15 is 0 Å². The second kappa shape index (κ2) is 2.03. The van der Waals surface area contributed by atoms with E-state index in [-0.39, 0.29) is 6.42 Å². The zero-order valence-electron chi connectivity index (χ0n) is 4.33. The molecule has 9 heavy (non-hydrogen) atoms. The molecule has 0 aliphatic heterocycles. The molecule has 1 amide bonds. The van der Waals surface area contributed by atoms with Gasteiger partial charge >= 0.3 is 0 Å². The maximum absolute atomic E-state index is 11.9. The van der Waals surface area contributed by atoms with Gasteiger partial charge in [-0.15, -0.1) is 0 Å². The van der Waals surface area contributed by atoms with Gasteiger partial charge in [-0.25, -0.2) is 8.78 Å². The molecule has 0 heterocycles. The van der Waals surface area contributed by atoms with E-state index in [2.05, 4.69) is 5.32 Å². The first-order valence-corrected chi connectivity index (χ1v) is 3.44. The van der Waals surface area contributed by atoms with Crippen LogP contribution in [0.15, 0.2) is 0 Å². The molecule has 1 N–H and O–H groups in total. The van der Waals surface area contributed by atoms with Crippen molar-refractivity contribution in [2.45, 2.75) is 18.4 Å². The van der Waals surface area contributed by atoms with E-state index < -0.39 is 15.9 Å². The Morgan fingerprint density at radius 2 is 2.22 bits per heavy atom. The highest BCUT2D eigenvalue weighted by atomic mass is 127. The first-order chi connectivity index (χ1) is 4.02. The van der Waals surface area contributed by atoms with Gasteiger partial charge in [-0.2, -0.15) is 0 Å². The maximum Gasteiger partial charge on any atom is 0.281 e. The lowest BCUT2D eigenvalue weighted by Gasteiger charge is -1.95. The van der Waals surface area contributed by atoms with Crippen LogP contribution in [0.2, 0.25) is 0 Å². The standard InChI is InChI=1S/C4H4F2INO/c5-4(6)1-2(4)8-3(7)9/h2H,1H2,(H,8,9). The molecule has 0 spiro atoms. The third-order valence-electron chi connectivity index (χ3n) is 1.11. The topological polar surface area (TPSA) is 29.1 Å². The fraction of sp³-hybridized carbons (Fsp3) is 0.750. The number of hydrogen-bond acceptors (Lipinski definition) is 1. The minimum absolute atomic E-state index is 0.207. The van der Waals surface area contributed by atoms with Crippen molar-refractivity contribution in [3.63, 3.8) is 0 Å². The van der Waals surface area contributed by atoms with Crippen molar-refractivity contribution in [3.05, 3.63) is 0 Å². The molecule has 0 aromatic rings. The Kier molecular flexibility index (Phi) is 1.62. The van der Waals surface area contributed by atoms with Gasteiger partial charge in [-0.1, -0.05) is 0 Å². The van der Waals surface area contributed by atoms with Crippen LogP contribution >= 0.6 is 22.6 Å². The maximum atomic E-state index is 11.9. The van der Waals surface area contributed by atoms with Crippen LogP contribution in [0.5, 0.6) is 0 Å². The Hall–Kier alpha value is 0.0600. The second-order valence-electron chi connectivity index (χ2n) is 1.94. The third-order valence-corrected chi connectivity index (χ3v) is 1.43. The van der Waals surface area contributed by atoms with Gasteiger partial charge in [-0.3, -0.25) is 4.79 Å². The summed E-state index contributed by atoms with van der Waals surface area (Å²) in [5, 5.41) is 2.10. The van der Waals surface area contributed by atoms with Gasteiger partial charge in [0.15, 0.2) is 0 Å². The first-order valence-electron chi connectivity index (χ1n) is 2.36. The van der Waals surface area contributed by atoms with Crippen molar-refractivity contribution in [3.8, 4) is 0 Å². The number of hydrogen-bond donors (Lipinski definition) is 1. The lowest BCUT2D eigenvalue weighted by molar-refractivity contribution is 0.108. The van der Waals surface area contributed by atoms with Crippen molar-refractivity contribution in [1.82, 2.24) is 5.32 Å². The molecule has 1 fully saturated rings. The molecule has 1 rings (SSSR count). The highest BCUT2D eigenvalue weighted by Crippen LogP contribution is 2.41. The molecular formula is C4H4F2INO. The molecule has 5 heteroatoms. The molecule has 0 aromatic heterocycles. The van der Waals surface area contributed by atoms with Crippen LogP contribution in [0, 0.1) is 0 Å². The summed E-state index contributed by atoms with van der Waals surface area (Å²) in [6.07, 6.45) is -0.207. The number of rotatable bonds is 1. The van der Waals surface area contributed by atoms with Gasteiger partial charge in [0.05, 0.1) is 6.04 Å². The van der Waals surface area contributed by atoms with Crippen molar-refractivity contribution in [2.75, 3.05) is 0 Å². The minimum Gasteiger partial charge on any atom is -0.338 e. The Bertz CT molecular complexity index is 150. The summed E-state index contributed by atoms with van der Waals surface area (Å²) < 4.78 is 23.5. The first kappa shape index (κ1) is 7.17. The monoisotopic (exact) mass is 247 g/mol. The highest BCUT2D eigenvalue weighted by molar-refractivity contribution is 14.1. The molecule has 1 saturated carbocycles. The number of alkyl halides is 2. The Balaban J connectivity index is 2.28. The van der Waals surface area contributed by atoms with E-state index in [9.17, 15) is 13.6 Å². The fourth-order valence-electron chi connectivity index (χ4n) is 0.507. The molecule has 0 radical (unpaired) electrons. The Morgan fingerprint density at radius 1 is 1.78 bits per heavy atom. The largest absolute Gasteiger partial charge is 0.338 e. The van der Waals surface area contributed by atoms with Crippen molar-refractivity contribution in [2.24, 2.45) is 0 Å². The number of carbonyl (C=O) groups excluding carboxylic acids is 1. The lowest BCUT2D eigenvalue weighted by Crippen LogP contribution is -2.23. The summed E-state index contributed by atoms with van der Waals surface area (Å²) in [4.78, 5) is 10.1. The molecule has 1 atom stereocenters. The van der Waals surface area contributed by atoms with Gasteiger partial charge in [0, 0.05) is 29.0 Å². The van der Waals surface area contributed by atoms with Gasteiger partial charge in [0.1, 0.15) is 0 Å². The molecule has 2 nitrogen and oxygen atoms in total. The molecule has 0 aromatic carbocycles. The van der Waals surface area contributed by atoms with E-state index in [1.54, 1.807) is 0 Å². The van der Waals surface area contributed by atoms with E-state index in [0.29, 0.717) is 0 Å². The van der Waals surface area contributed by atoms with Crippen LogP contribution in [0.25, 0.3) is 0 Å². The molecule has 1 aliphatic rings. The average Bonchev–Trinajstić information content (AvgIpc) is 2.10. The number of nitrogens with one attached hydrogen (secondary N) is 1. The van der Waals surface area contributed by atoms with E-state index in [1.165, 1.54) is 22.6 Å². The number of carbonyl (C=O) groups is 1. The van der Waals surface area contributed by atoms with Gasteiger partial charge < -0.3 is 5.32 Å². The summed E-state index contributed by atoms with van der Waals surface area (Å²) in [5.41, 5.74) is 0. The van der Waals surface area contributed by atoms with E-state index in [1.807, 2.05) is 0 Å². The quantitative estimate of drug-likeness (QED) is 0.425. The van der Waals surface area contributed by atoms with Crippen molar-refractivity contribution < 1.29 is 13.6 Å². The summed E-state index contributed by atoms with van der Waals surface area (Å²) in [6.45, 7) is 0. The number of halogens is 3. The predicted octanol–water partition coefficient (Wildman–Crippen LogP) is 1.54. The lowest BCUT2D eigenvalue weighted by atomic mass is 10.7. The summed E-state index contributed by atoms with van der Waals surface area (Å²) in [5.74, 6) is -2.64. The average molecular weight is 247 g/mol. The van der Waals surface area contributed by atoms with Crippen LogP contribution < -0.4 is 5.32 Å². The minimum atomic E-state index is -2.64. The van der Waals surface area contributed by atoms with Crippen LogP contribution in [-0.4, -0.2) is 15.9 Å². The predicted molar refractivity (Wildman–Crippen MR) is 35.9 cm³/mol. The normalized spacial score (nSPS) is 29.4. The number of amides is 1. The molecule has 52 valence electrons. The molecule has 1 unspecified atom stereocenters. The molecule has 0 saturated heterocycles. The van der Waals surface area contributed by atoms with E-state index in [0.717, 1.165) is 0 Å². The van der Waals surface area contributed by atoms with Crippen LogP contribution in [0.3, 0.4) is 0 Å². The molecular weight excluding hydrogens is 243 g/mol. The fourth-order valence-corrected chi connectivity index (χ4v) is 0.883. The van der Waals surface area contributed by atoms with Gasteiger partial charge in [-0.05, 0) is 0 Å². The van der Waals surface area contributed by atoms with Crippen LogP contribution in [0.4, 0.5) is 13.6 Å². The second-order valence-corrected chi connectivity index (χ2v) is 2.92. The third kappa shape index (κ3) is 1.74. The van der Waals surface area contributed by atoms with Gasteiger partial charge in [0.25, 0.3) is 9.84 Å². The molecule has 1 aliphatic carbocycles. The van der Waals surface area contributed by atoms with E-state index in [4.69, 9.17) is 0 Å². The summed E-state index contributed by atoms with van der Waals surface area (Å²) in [7, 11) is 0. The van der Waals surface area contributed by atoms with Crippen molar-refractivity contribution >= 4 is 26.5 Å². The zero-order valence-corrected chi connectivity index (χ0v) is 6.48. The van der Waals surface area contributed by atoms with Gasteiger partial charge in [0.2, 0.25) is 0 Å². The highest BCUT2D eigenvalue weighted by Gasteiger charge is 2.57. The smallest absolute Gasteiger partial charge is 0.281 e. The zero-order chi connectivity index (χ0) is 7.07. The Morgan fingerprint density at radius 3 is 2.33 bits per heavy atom. The summed E-state index contributed by atoms with van der Waals surface area (Å²) >= 11 is 1.43. The summed E-state index contributed by atoms with van der Waals surface area (Å²) in [6, 6.07) is -0.901. The molecule has 0 bridgehead atoms. The van der Waals surface area contributed by atoms with Crippen LogP contribution in [-0.2, 0) is 0 Å². The van der Waals surface area contributed by atoms with Crippen LogP contribution in [0.1, 0.15) is 6.42 Å². The van der Waals surface area contributed by atoms with Crippen molar-refractivity contribution in [1.29, 1.82) is 0 Å². The SMILES string of the molecule is O=C(I)NC1CC1(F)F. The Labute approximate surface area is 64.1 Å².